The van der Waals surface area contributed by atoms with Gasteiger partial charge >= 0.3 is 0 Å². The summed E-state index contributed by atoms with van der Waals surface area (Å²) in [6.07, 6.45) is 0. The number of quaternary nitrogens is 1. The molecule has 0 radical (unpaired) electrons. The van der Waals surface area contributed by atoms with Gasteiger partial charge in [0.25, 0.3) is 15.8 Å². The lowest BCUT2D eigenvalue weighted by molar-refractivity contribution is -0.903. The van der Waals surface area contributed by atoms with Crippen molar-refractivity contribution in [2.75, 3.05) is 27.2 Å². The summed E-state index contributed by atoms with van der Waals surface area (Å²) in [4.78, 5) is 8.98. The van der Waals surface area contributed by atoms with Gasteiger partial charge in [-0.1, -0.05) is 54.6 Å². The maximum Gasteiger partial charge on any atom is 0.294 e. The summed E-state index contributed by atoms with van der Waals surface area (Å²) >= 11 is 0. The summed E-state index contributed by atoms with van der Waals surface area (Å²) in [6, 6.07) is 24.8. The number of nitro benzene ring substituents is 1. The number of ether oxygens (including phenoxy) is 1. The second-order valence-corrected chi connectivity index (χ2v) is 9.12. The molecule has 0 saturated carbocycles. The monoisotopic (exact) mass is 459 g/mol. The van der Waals surface area contributed by atoms with Crippen LogP contribution in [0, 0.1) is 10.1 Å². The van der Waals surface area contributed by atoms with Gasteiger partial charge in [0, 0.05) is 17.7 Å². The van der Waals surface area contributed by atoms with Crippen LogP contribution in [0.2, 0.25) is 0 Å². The van der Waals surface area contributed by atoms with Crippen molar-refractivity contribution < 1.29 is 27.1 Å². The Morgan fingerprint density at radius 2 is 1.53 bits per heavy atom. The first-order valence-electron chi connectivity index (χ1n) is 9.82. The number of para-hydroxylation sites is 1. The average molecular weight is 460 g/mol. The molecule has 9 heteroatoms. The highest BCUT2D eigenvalue weighted by atomic mass is 32.2. The van der Waals surface area contributed by atoms with Crippen LogP contribution >= 0.6 is 0 Å². The fourth-order valence-corrected chi connectivity index (χ4v) is 3.36. The van der Waals surface area contributed by atoms with Gasteiger partial charge in [-0.3, -0.25) is 14.7 Å². The second-order valence-electron chi connectivity index (χ2n) is 7.69. The summed E-state index contributed by atoms with van der Waals surface area (Å²) in [5, 5.41) is 10.2. The molecule has 32 heavy (non-hydrogen) atoms. The molecule has 0 amide bonds. The van der Waals surface area contributed by atoms with Crippen LogP contribution in [-0.4, -0.2) is 49.6 Å². The molecule has 0 spiro atoms. The van der Waals surface area contributed by atoms with Crippen LogP contribution in [0.1, 0.15) is 5.56 Å². The highest BCUT2D eigenvalue weighted by molar-refractivity contribution is 7.85. The molecule has 0 saturated heterocycles. The Morgan fingerprint density at radius 3 is 2.09 bits per heavy atom. The van der Waals surface area contributed by atoms with E-state index < -0.39 is 19.9 Å². The van der Waals surface area contributed by atoms with Gasteiger partial charge in [-0.25, -0.2) is 0 Å². The zero-order chi connectivity index (χ0) is 23.6. The molecule has 170 valence electrons. The molecule has 0 atom stereocenters. The molecule has 8 nitrogen and oxygen atoms in total. The van der Waals surface area contributed by atoms with Crippen LogP contribution in [0.25, 0.3) is 0 Å². The van der Waals surface area contributed by atoms with Crippen molar-refractivity contribution in [1.29, 1.82) is 0 Å². The Labute approximate surface area is 188 Å². The average Bonchev–Trinajstić information content (AvgIpc) is 2.75. The first kappa shape index (κ1) is 25.0. The number of likely N-dealkylation sites (N-methyl/N-ethyl adjacent to an activating group) is 1. The third-order valence-electron chi connectivity index (χ3n) is 4.49. The number of non-ortho nitro benzene ring substituents is 1. The van der Waals surface area contributed by atoms with Gasteiger partial charge in [0.05, 0.1) is 19.0 Å². The molecular weight excluding hydrogens is 432 g/mol. The molecule has 0 aliphatic rings. The zero-order valence-electron chi connectivity index (χ0n) is 18.0. The Hall–Kier alpha value is -3.27. The molecule has 3 aromatic rings. The van der Waals surface area contributed by atoms with Gasteiger partial charge in [-0.2, -0.15) is 8.42 Å². The van der Waals surface area contributed by atoms with E-state index in [9.17, 15) is 18.5 Å². The molecule has 0 aliphatic heterocycles. The number of nitrogens with zero attached hydrogens (tertiary/aromatic N) is 2. The summed E-state index contributed by atoms with van der Waals surface area (Å²) < 4.78 is 36.3. The number of hydrogen-bond acceptors (Lipinski definition) is 5. The summed E-state index contributed by atoms with van der Waals surface area (Å²) in [5.41, 5.74) is 0.988. The number of nitro groups is 1. The van der Waals surface area contributed by atoms with Crippen molar-refractivity contribution in [3.05, 3.63) is 101 Å². The molecule has 0 aromatic heterocycles. The minimum atomic E-state index is -4.36. The SMILES string of the molecule is C[N+](C)(CCOc1ccccc1)Cc1ccccc1.O=[N+]([O-])c1cccc(S(=O)(=O)O)c1. The van der Waals surface area contributed by atoms with Crippen LogP contribution in [0.5, 0.6) is 5.75 Å². The molecule has 0 unspecified atom stereocenters. The molecule has 3 rings (SSSR count). The van der Waals surface area contributed by atoms with Crippen molar-refractivity contribution in [2.45, 2.75) is 11.4 Å². The van der Waals surface area contributed by atoms with Crippen molar-refractivity contribution in [1.82, 2.24) is 0 Å². The summed E-state index contributed by atoms with van der Waals surface area (Å²) in [7, 11) is 0.112. The fraction of sp³-hybridized carbons (Fsp3) is 0.217. The molecule has 0 fully saturated rings. The molecule has 0 heterocycles. The standard InChI is InChI=1S/C17H22NO.C6H5NO5S/c1-18(2,15-16-9-5-3-6-10-16)13-14-19-17-11-7-4-8-12-17;8-7(9)5-2-1-3-6(4-5)13(10,11)12/h3-12H,13-15H2,1-2H3;1-4H,(H,10,11,12)/q+1;. The van der Waals surface area contributed by atoms with Gasteiger partial charge in [0.15, 0.2) is 0 Å². The van der Waals surface area contributed by atoms with Crippen LogP contribution in [0.4, 0.5) is 5.69 Å². The molecule has 0 bridgehead atoms. The summed E-state index contributed by atoms with van der Waals surface area (Å²) in [6.45, 7) is 2.76. The number of benzene rings is 3. The molecule has 0 aliphatic carbocycles. The highest BCUT2D eigenvalue weighted by Crippen LogP contribution is 2.16. The maximum absolute atomic E-state index is 10.5. The van der Waals surface area contributed by atoms with Crippen LogP contribution in [0.15, 0.2) is 89.8 Å². The van der Waals surface area contributed by atoms with Crippen molar-refractivity contribution in [3.8, 4) is 5.75 Å². The Kier molecular flexibility index (Phi) is 8.89. The van der Waals surface area contributed by atoms with E-state index in [1.54, 1.807) is 0 Å². The third kappa shape index (κ3) is 8.84. The molecular formula is C23H27N2O6S+. The first-order valence-corrected chi connectivity index (χ1v) is 11.3. The van der Waals surface area contributed by atoms with Gasteiger partial charge in [-0.05, 0) is 18.2 Å². The Morgan fingerprint density at radius 1 is 0.938 bits per heavy atom. The van der Waals surface area contributed by atoms with Gasteiger partial charge in [0.1, 0.15) is 30.3 Å². The molecule has 3 aromatic carbocycles. The van der Waals surface area contributed by atoms with E-state index in [0.717, 1.165) is 48.1 Å². The van der Waals surface area contributed by atoms with E-state index in [4.69, 9.17) is 9.29 Å². The third-order valence-corrected chi connectivity index (χ3v) is 5.34. The van der Waals surface area contributed by atoms with E-state index in [-0.39, 0.29) is 5.69 Å². The Bertz CT molecular complexity index is 1100. The number of hydrogen-bond donors (Lipinski definition) is 1. The Balaban J connectivity index is 0.000000244. The first-order chi connectivity index (χ1) is 15.1. The highest BCUT2D eigenvalue weighted by Gasteiger charge is 2.16. The van der Waals surface area contributed by atoms with Gasteiger partial charge in [-0.15, -0.1) is 0 Å². The normalized spacial score (nSPS) is 11.2. The lowest BCUT2D eigenvalue weighted by atomic mass is 10.2. The van der Waals surface area contributed by atoms with Crippen LogP contribution < -0.4 is 4.74 Å². The van der Waals surface area contributed by atoms with E-state index in [1.807, 2.05) is 30.3 Å². The van der Waals surface area contributed by atoms with E-state index in [0.29, 0.717) is 0 Å². The predicted molar refractivity (Wildman–Crippen MR) is 122 cm³/mol. The maximum atomic E-state index is 10.5. The fourth-order valence-electron chi connectivity index (χ4n) is 2.84. The number of rotatable bonds is 8. The lowest BCUT2D eigenvalue weighted by Gasteiger charge is -2.29. The quantitative estimate of drug-likeness (QED) is 0.234. The topological polar surface area (TPSA) is 107 Å². The van der Waals surface area contributed by atoms with Crippen LogP contribution in [0.3, 0.4) is 0 Å². The van der Waals surface area contributed by atoms with Gasteiger partial charge in [0.2, 0.25) is 0 Å². The zero-order valence-corrected chi connectivity index (χ0v) is 18.8. The lowest BCUT2D eigenvalue weighted by Crippen LogP contribution is -2.41. The van der Waals surface area contributed by atoms with Crippen molar-refractivity contribution in [2.24, 2.45) is 0 Å². The predicted octanol–water partition coefficient (Wildman–Crippen LogP) is 4.18. The minimum Gasteiger partial charge on any atom is -0.488 e. The summed E-state index contributed by atoms with van der Waals surface area (Å²) in [5.74, 6) is 0.946. The van der Waals surface area contributed by atoms with Crippen molar-refractivity contribution in [3.63, 3.8) is 0 Å². The largest absolute Gasteiger partial charge is 0.488 e. The van der Waals surface area contributed by atoms with Gasteiger partial charge < -0.3 is 9.22 Å². The molecule has 1 N–H and O–H groups in total. The van der Waals surface area contributed by atoms with Crippen LogP contribution in [-0.2, 0) is 16.7 Å². The minimum absolute atomic E-state index is 0.380. The smallest absolute Gasteiger partial charge is 0.294 e. The van der Waals surface area contributed by atoms with E-state index in [2.05, 4.69) is 44.4 Å². The second kappa shape index (κ2) is 11.4. The van der Waals surface area contributed by atoms with E-state index in [1.165, 1.54) is 11.6 Å². The van der Waals surface area contributed by atoms with Crippen molar-refractivity contribution >= 4 is 15.8 Å². The van der Waals surface area contributed by atoms with E-state index >= 15 is 0 Å².